The molecular formula is C17H20N4O4S. The molecule has 0 aliphatic rings. The van der Waals surface area contributed by atoms with E-state index in [4.69, 9.17) is 4.74 Å². The number of aliphatic imine (C=N–C) groups is 1. The molecule has 1 amide bonds. The van der Waals surface area contributed by atoms with Crippen LogP contribution in [0, 0.1) is 0 Å². The summed E-state index contributed by atoms with van der Waals surface area (Å²) in [7, 11) is -2.42. The highest BCUT2D eigenvalue weighted by molar-refractivity contribution is 7.89. The highest BCUT2D eigenvalue weighted by Crippen LogP contribution is 2.17. The van der Waals surface area contributed by atoms with Gasteiger partial charge in [-0.25, -0.2) is 0 Å². The largest absolute Gasteiger partial charge is 0.497 e. The molecule has 1 aromatic carbocycles. The van der Waals surface area contributed by atoms with Crippen LogP contribution in [0.1, 0.15) is 11.9 Å². The van der Waals surface area contributed by atoms with Crippen LogP contribution in [0.25, 0.3) is 0 Å². The zero-order valence-electron chi connectivity index (χ0n) is 14.1. The van der Waals surface area contributed by atoms with Crippen LogP contribution in [-0.2, 0) is 10.0 Å². The minimum Gasteiger partial charge on any atom is -0.497 e. The minimum atomic E-state index is -3.90. The van der Waals surface area contributed by atoms with E-state index in [1.54, 1.807) is 0 Å². The van der Waals surface area contributed by atoms with E-state index in [-0.39, 0.29) is 18.6 Å². The number of methoxy groups -OCH3 is 1. The van der Waals surface area contributed by atoms with Crippen molar-refractivity contribution in [3.63, 3.8) is 0 Å². The summed E-state index contributed by atoms with van der Waals surface area (Å²) in [6, 6.07) is 7.18. The maximum absolute atomic E-state index is 12.6. The quantitative estimate of drug-likeness (QED) is 0.560. The predicted octanol–water partition coefficient (Wildman–Crippen LogP) is 1.88. The molecule has 0 unspecified atom stereocenters. The molecule has 0 fully saturated rings. The molecule has 0 saturated heterocycles. The van der Waals surface area contributed by atoms with Gasteiger partial charge >= 0.3 is 0 Å². The number of hydrogen-bond donors (Lipinski definition) is 1. The summed E-state index contributed by atoms with van der Waals surface area (Å²) in [6.07, 6.45) is 4.20. The van der Waals surface area contributed by atoms with Gasteiger partial charge in [0.2, 0.25) is 0 Å². The van der Waals surface area contributed by atoms with E-state index in [1.807, 2.05) is 0 Å². The molecule has 0 aliphatic carbocycles. The highest BCUT2D eigenvalue weighted by Gasteiger charge is 2.20. The van der Waals surface area contributed by atoms with Crippen molar-refractivity contribution in [3.8, 4) is 5.75 Å². The molecule has 0 bridgehead atoms. The molecule has 1 heterocycles. The van der Waals surface area contributed by atoms with Crippen molar-refractivity contribution in [2.75, 3.05) is 13.7 Å². The molecule has 0 atom stereocenters. The van der Waals surface area contributed by atoms with E-state index in [9.17, 15) is 13.2 Å². The van der Waals surface area contributed by atoms with Crippen molar-refractivity contribution in [1.82, 2.24) is 14.5 Å². The van der Waals surface area contributed by atoms with Gasteiger partial charge in [0, 0.05) is 20.4 Å². The van der Waals surface area contributed by atoms with E-state index in [0.717, 1.165) is 4.09 Å². The van der Waals surface area contributed by atoms with Crippen molar-refractivity contribution < 1.29 is 19.4 Å². The molecule has 9 heteroatoms. The molecular weight excluding hydrogens is 356 g/mol. The van der Waals surface area contributed by atoms with Crippen LogP contribution < -0.4 is 10.1 Å². The Kier molecular flexibility index (Phi) is 6.07. The number of carbonyl (C=O) groups is 1. The molecule has 1 N–H and O–H groups in total. The van der Waals surface area contributed by atoms with Crippen molar-refractivity contribution in [2.45, 2.75) is 4.90 Å². The number of nitrogens with zero attached hydrogens (tertiary/aromatic N) is 3. The number of nitrogens with one attached hydrogen (secondary N) is 1. The fraction of sp³-hybridized carbons (Fsp3) is 0.118. The van der Waals surface area contributed by atoms with Crippen LogP contribution >= 0.6 is 0 Å². The Hall–Kier alpha value is -3.20. The van der Waals surface area contributed by atoms with Gasteiger partial charge in [-0.3, -0.25) is 9.79 Å². The Labute approximate surface area is 153 Å². The Morgan fingerprint density at radius 3 is 2.65 bits per heavy atom. The van der Waals surface area contributed by atoms with Gasteiger partial charge in [0.1, 0.15) is 5.75 Å². The number of aromatic nitrogens is 2. The van der Waals surface area contributed by atoms with E-state index in [2.05, 4.69) is 28.7 Å². The monoisotopic (exact) mass is 376 g/mol. The summed E-state index contributed by atoms with van der Waals surface area (Å²) in [4.78, 5) is 15.8. The number of carbonyl (C=O) groups excluding carboxylic acids is 1. The second-order valence-corrected chi connectivity index (χ2v) is 6.82. The summed E-state index contributed by atoms with van der Waals surface area (Å²) in [5.74, 6) is 0.00932. The van der Waals surface area contributed by atoms with Crippen LogP contribution in [0.2, 0.25) is 0 Å². The molecule has 8 nitrogen and oxygen atoms in total. The second kappa shape index (κ2) is 8.26. The summed E-state index contributed by atoms with van der Waals surface area (Å²) in [5.41, 5.74) is 0.621. The molecule has 0 aliphatic heterocycles. The topological polar surface area (TPSA) is 103 Å². The predicted molar refractivity (Wildman–Crippen MR) is 100 cm³/mol. The van der Waals surface area contributed by atoms with Gasteiger partial charge < -0.3 is 10.1 Å². The minimum absolute atomic E-state index is 0. The standard InChI is InChI=1S/C17H18N4O4S.H2/c1-4-13(11-18-2)12-19-17(22)16-9-10-21(20-16)26(23,24)15-7-5-14(25-3)6-8-15;/h4-11H,1-2,12H2,3H3,(H,19,22);1H/b13-11+;. The first-order valence-corrected chi connectivity index (χ1v) is 8.87. The Bertz CT molecular complexity index is 950. The average Bonchev–Trinajstić information content (AvgIpc) is 3.16. The summed E-state index contributed by atoms with van der Waals surface area (Å²) in [6.45, 7) is 7.09. The summed E-state index contributed by atoms with van der Waals surface area (Å²) >= 11 is 0. The molecule has 26 heavy (non-hydrogen) atoms. The maximum Gasteiger partial charge on any atom is 0.282 e. The third kappa shape index (κ3) is 4.25. The smallest absolute Gasteiger partial charge is 0.282 e. The van der Waals surface area contributed by atoms with Crippen LogP contribution in [-0.4, -0.2) is 43.9 Å². The fourth-order valence-corrected chi connectivity index (χ4v) is 3.09. The zero-order chi connectivity index (χ0) is 19.2. The van der Waals surface area contributed by atoms with Crippen molar-refractivity contribution in [1.29, 1.82) is 0 Å². The Morgan fingerprint density at radius 1 is 1.38 bits per heavy atom. The highest BCUT2D eigenvalue weighted by atomic mass is 32.2. The van der Waals surface area contributed by atoms with Crippen molar-refractivity contribution in [2.24, 2.45) is 4.99 Å². The number of ether oxygens (including phenoxy) is 1. The lowest BCUT2D eigenvalue weighted by atomic mass is 10.3. The molecule has 1 aromatic heterocycles. The van der Waals surface area contributed by atoms with Crippen LogP contribution in [0.4, 0.5) is 0 Å². The lowest BCUT2D eigenvalue weighted by molar-refractivity contribution is 0.0952. The van der Waals surface area contributed by atoms with Gasteiger partial charge in [-0.1, -0.05) is 12.7 Å². The molecule has 0 saturated carbocycles. The first-order chi connectivity index (χ1) is 12.4. The van der Waals surface area contributed by atoms with E-state index >= 15 is 0 Å². The lowest BCUT2D eigenvalue weighted by Gasteiger charge is -2.06. The van der Waals surface area contributed by atoms with Crippen molar-refractivity contribution in [3.05, 3.63) is 66.7 Å². The number of hydrogen-bond acceptors (Lipinski definition) is 6. The molecule has 0 spiro atoms. The van der Waals surface area contributed by atoms with Gasteiger partial charge in [0.05, 0.1) is 12.0 Å². The zero-order valence-corrected chi connectivity index (χ0v) is 14.9. The second-order valence-electron chi connectivity index (χ2n) is 5.03. The van der Waals surface area contributed by atoms with Crippen LogP contribution in [0.5, 0.6) is 5.75 Å². The maximum atomic E-state index is 12.6. The third-order valence-corrected chi connectivity index (χ3v) is 4.94. The van der Waals surface area contributed by atoms with Gasteiger partial charge in [-0.05, 0) is 42.6 Å². The van der Waals surface area contributed by atoms with Gasteiger partial charge in [0.25, 0.3) is 15.9 Å². The van der Waals surface area contributed by atoms with Gasteiger partial charge in [-0.2, -0.15) is 17.6 Å². The summed E-state index contributed by atoms with van der Waals surface area (Å²) < 4.78 is 30.9. The van der Waals surface area contributed by atoms with Gasteiger partial charge in [0.15, 0.2) is 5.69 Å². The summed E-state index contributed by atoms with van der Waals surface area (Å²) in [5, 5.41) is 6.46. The Morgan fingerprint density at radius 2 is 2.08 bits per heavy atom. The normalized spacial score (nSPS) is 11.7. The number of rotatable bonds is 8. The van der Waals surface area contributed by atoms with E-state index in [0.29, 0.717) is 11.3 Å². The van der Waals surface area contributed by atoms with Crippen molar-refractivity contribution >= 4 is 22.6 Å². The first kappa shape index (κ1) is 19.1. The molecule has 2 rings (SSSR count). The average molecular weight is 376 g/mol. The molecule has 0 radical (unpaired) electrons. The van der Waals surface area contributed by atoms with E-state index < -0.39 is 15.9 Å². The van der Waals surface area contributed by atoms with Crippen LogP contribution in [0.3, 0.4) is 0 Å². The van der Waals surface area contributed by atoms with E-state index in [1.165, 1.54) is 55.9 Å². The lowest BCUT2D eigenvalue weighted by Crippen LogP contribution is -2.26. The Balaban J connectivity index is 0.00000364. The fourth-order valence-electron chi connectivity index (χ4n) is 1.98. The van der Waals surface area contributed by atoms with Crippen LogP contribution in [0.15, 0.2) is 70.8 Å². The number of benzene rings is 1. The number of amides is 1. The SMILES string of the molecule is C=C/C(=C\N=C)CNC(=O)c1ccn(S(=O)(=O)c2ccc(OC)cc2)n1.[HH]. The first-order valence-electron chi connectivity index (χ1n) is 7.43. The third-order valence-electron chi connectivity index (χ3n) is 3.37. The molecule has 138 valence electrons. The van der Waals surface area contributed by atoms with Gasteiger partial charge in [-0.15, -0.1) is 0 Å². The molecule has 2 aromatic rings.